The van der Waals surface area contributed by atoms with E-state index in [1.54, 1.807) is 0 Å². The third kappa shape index (κ3) is 6.23. The fraction of sp³-hybridized carbons (Fsp3) is 0.938. The van der Waals surface area contributed by atoms with Crippen LogP contribution in [0.3, 0.4) is 0 Å². The lowest BCUT2D eigenvalue weighted by molar-refractivity contribution is -0.143. The molecule has 4 heteroatoms. The maximum atomic E-state index is 11.2. The topological polar surface area (TPSA) is 58.6 Å². The minimum absolute atomic E-state index is 0.0567. The molecule has 0 aromatic rings. The van der Waals surface area contributed by atoms with Crippen LogP contribution in [0.25, 0.3) is 0 Å². The fourth-order valence-corrected chi connectivity index (χ4v) is 3.18. The van der Waals surface area contributed by atoms with Gasteiger partial charge in [-0.05, 0) is 45.1 Å². The largest absolute Gasteiger partial charge is 0.466 e. The van der Waals surface area contributed by atoms with E-state index in [1.807, 2.05) is 6.92 Å². The van der Waals surface area contributed by atoms with E-state index < -0.39 is 0 Å². The molecule has 0 aliphatic heterocycles. The Kier molecular flexibility index (Phi) is 8.15. The molecular weight excluding hydrogens is 254 g/mol. The van der Waals surface area contributed by atoms with Crippen LogP contribution in [0.15, 0.2) is 0 Å². The van der Waals surface area contributed by atoms with Crippen LogP contribution in [0, 0.1) is 5.92 Å². The van der Waals surface area contributed by atoms with Crippen LogP contribution >= 0.6 is 0 Å². The number of aliphatic hydroxyl groups is 1. The van der Waals surface area contributed by atoms with Crippen LogP contribution in [-0.2, 0) is 9.53 Å². The highest BCUT2D eigenvalue weighted by Crippen LogP contribution is 2.31. The summed E-state index contributed by atoms with van der Waals surface area (Å²) in [6.07, 6.45) is 8.14. The highest BCUT2D eigenvalue weighted by atomic mass is 16.5. The van der Waals surface area contributed by atoms with Gasteiger partial charge in [-0.2, -0.15) is 0 Å². The van der Waals surface area contributed by atoms with Gasteiger partial charge in [0.15, 0.2) is 0 Å². The normalized spacial score (nSPS) is 26.4. The molecule has 0 aromatic heterocycles. The molecule has 2 N–H and O–H groups in total. The van der Waals surface area contributed by atoms with Gasteiger partial charge in [0.05, 0.1) is 13.2 Å². The van der Waals surface area contributed by atoms with Gasteiger partial charge in [-0.25, -0.2) is 0 Å². The Morgan fingerprint density at radius 3 is 2.85 bits per heavy atom. The van der Waals surface area contributed by atoms with Crippen LogP contribution in [0.5, 0.6) is 0 Å². The Morgan fingerprint density at radius 1 is 1.40 bits per heavy atom. The molecule has 0 heterocycles. The summed E-state index contributed by atoms with van der Waals surface area (Å²) in [5.74, 6) is 0.612. The molecule has 1 aliphatic rings. The summed E-state index contributed by atoms with van der Waals surface area (Å²) in [5.41, 5.74) is -0.0567. The van der Waals surface area contributed by atoms with Crippen LogP contribution in [0.1, 0.15) is 65.2 Å². The summed E-state index contributed by atoms with van der Waals surface area (Å²) in [7, 11) is 0. The first kappa shape index (κ1) is 17.4. The zero-order chi connectivity index (χ0) is 14.8. The molecule has 0 spiro atoms. The second kappa shape index (κ2) is 9.35. The smallest absolute Gasteiger partial charge is 0.305 e. The van der Waals surface area contributed by atoms with E-state index in [2.05, 4.69) is 12.2 Å². The molecule has 2 unspecified atom stereocenters. The predicted octanol–water partition coefficient (Wildman–Crippen LogP) is 2.64. The van der Waals surface area contributed by atoms with Crippen molar-refractivity contribution in [3.63, 3.8) is 0 Å². The lowest BCUT2D eigenvalue weighted by Crippen LogP contribution is -2.51. The second-order valence-electron chi connectivity index (χ2n) is 6.18. The van der Waals surface area contributed by atoms with E-state index in [9.17, 15) is 9.90 Å². The van der Waals surface area contributed by atoms with Gasteiger partial charge in [-0.3, -0.25) is 4.79 Å². The van der Waals surface area contributed by atoms with E-state index in [4.69, 9.17) is 4.74 Å². The van der Waals surface area contributed by atoms with Crippen LogP contribution in [0.2, 0.25) is 0 Å². The van der Waals surface area contributed by atoms with Crippen LogP contribution < -0.4 is 5.32 Å². The first-order valence-electron chi connectivity index (χ1n) is 8.13. The first-order chi connectivity index (χ1) is 9.62. The predicted molar refractivity (Wildman–Crippen MR) is 80.6 cm³/mol. The number of nitrogens with one attached hydrogen (secondary N) is 1. The minimum Gasteiger partial charge on any atom is -0.466 e. The maximum absolute atomic E-state index is 11.2. The van der Waals surface area contributed by atoms with Crippen molar-refractivity contribution in [2.24, 2.45) is 5.92 Å². The van der Waals surface area contributed by atoms with Crippen molar-refractivity contribution < 1.29 is 14.6 Å². The van der Waals surface area contributed by atoms with Gasteiger partial charge in [0.25, 0.3) is 0 Å². The summed E-state index contributed by atoms with van der Waals surface area (Å²) in [6.45, 7) is 5.74. The molecule has 0 saturated heterocycles. The molecule has 0 bridgehead atoms. The van der Waals surface area contributed by atoms with Crippen molar-refractivity contribution >= 4 is 5.97 Å². The SMILES string of the molecule is CCOC(=O)CCCCCNC1(CO)CCCC(C)C1. The van der Waals surface area contributed by atoms with E-state index in [0.29, 0.717) is 18.9 Å². The summed E-state index contributed by atoms with van der Waals surface area (Å²) in [4.78, 5) is 11.2. The molecule has 20 heavy (non-hydrogen) atoms. The van der Waals surface area contributed by atoms with Crippen molar-refractivity contribution in [1.82, 2.24) is 5.32 Å². The Labute approximate surface area is 123 Å². The summed E-state index contributed by atoms with van der Waals surface area (Å²) >= 11 is 0. The lowest BCUT2D eigenvalue weighted by Gasteiger charge is -2.39. The first-order valence-corrected chi connectivity index (χ1v) is 8.13. The molecule has 0 aromatic carbocycles. The number of unbranched alkanes of at least 4 members (excludes halogenated alkanes) is 2. The Bertz CT molecular complexity index is 283. The van der Waals surface area contributed by atoms with Crippen molar-refractivity contribution in [2.45, 2.75) is 70.8 Å². The van der Waals surface area contributed by atoms with Gasteiger partial charge in [0, 0.05) is 12.0 Å². The van der Waals surface area contributed by atoms with Gasteiger partial charge >= 0.3 is 5.97 Å². The number of esters is 1. The molecule has 1 saturated carbocycles. The van der Waals surface area contributed by atoms with Crippen molar-refractivity contribution in [3.8, 4) is 0 Å². The number of carbonyl (C=O) groups is 1. The third-order valence-corrected chi connectivity index (χ3v) is 4.26. The number of rotatable bonds is 9. The Hall–Kier alpha value is -0.610. The maximum Gasteiger partial charge on any atom is 0.305 e. The zero-order valence-corrected chi connectivity index (χ0v) is 13.1. The Balaban J connectivity index is 2.11. The average Bonchev–Trinajstić information content (AvgIpc) is 2.43. The van der Waals surface area contributed by atoms with Gasteiger partial charge in [-0.1, -0.05) is 26.2 Å². The number of hydrogen-bond donors (Lipinski definition) is 2. The molecule has 1 fully saturated rings. The Morgan fingerprint density at radius 2 is 2.20 bits per heavy atom. The molecule has 0 amide bonds. The molecule has 2 atom stereocenters. The van der Waals surface area contributed by atoms with E-state index in [-0.39, 0.29) is 18.1 Å². The van der Waals surface area contributed by atoms with E-state index in [0.717, 1.165) is 38.6 Å². The minimum atomic E-state index is -0.0895. The second-order valence-corrected chi connectivity index (χ2v) is 6.18. The molecular formula is C16H31NO3. The van der Waals surface area contributed by atoms with Crippen LogP contribution in [0.4, 0.5) is 0 Å². The molecule has 1 rings (SSSR count). The van der Waals surface area contributed by atoms with Crippen molar-refractivity contribution in [1.29, 1.82) is 0 Å². The van der Waals surface area contributed by atoms with E-state index in [1.165, 1.54) is 12.8 Å². The summed E-state index contributed by atoms with van der Waals surface area (Å²) in [6, 6.07) is 0. The molecule has 0 radical (unpaired) electrons. The highest BCUT2D eigenvalue weighted by Gasteiger charge is 2.33. The zero-order valence-electron chi connectivity index (χ0n) is 13.1. The fourth-order valence-electron chi connectivity index (χ4n) is 3.18. The number of aliphatic hydroxyl groups excluding tert-OH is 1. The number of carbonyl (C=O) groups excluding carboxylic acids is 1. The monoisotopic (exact) mass is 285 g/mol. The van der Waals surface area contributed by atoms with Gasteiger partial charge in [0.1, 0.15) is 0 Å². The lowest BCUT2D eigenvalue weighted by atomic mass is 9.77. The summed E-state index contributed by atoms with van der Waals surface area (Å²) < 4.78 is 4.90. The van der Waals surface area contributed by atoms with Gasteiger partial charge in [-0.15, -0.1) is 0 Å². The molecule has 118 valence electrons. The van der Waals surface area contributed by atoms with Gasteiger partial charge < -0.3 is 15.2 Å². The van der Waals surface area contributed by atoms with Crippen molar-refractivity contribution in [2.75, 3.05) is 19.8 Å². The quantitative estimate of drug-likeness (QED) is 0.505. The summed E-state index contributed by atoms with van der Waals surface area (Å²) in [5, 5.41) is 13.2. The standard InChI is InChI=1S/C16H31NO3/c1-3-20-15(19)9-5-4-6-11-17-16(13-18)10-7-8-14(2)12-16/h14,17-18H,3-13H2,1-2H3. The molecule has 4 nitrogen and oxygen atoms in total. The highest BCUT2D eigenvalue weighted by molar-refractivity contribution is 5.69. The third-order valence-electron chi connectivity index (χ3n) is 4.26. The van der Waals surface area contributed by atoms with Crippen LogP contribution in [-0.4, -0.2) is 36.4 Å². The molecule has 1 aliphatic carbocycles. The number of hydrogen-bond acceptors (Lipinski definition) is 4. The average molecular weight is 285 g/mol. The van der Waals surface area contributed by atoms with Gasteiger partial charge in [0.2, 0.25) is 0 Å². The number of ether oxygens (including phenoxy) is 1. The van der Waals surface area contributed by atoms with E-state index >= 15 is 0 Å². The van der Waals surface area contributed by atoms with Crippen molar-refractivity contribution in [3.05, 3.63) is 0 Å².